The minimum atomic E-state index is -0.694. The molecule has 2 amide bonds. The molecule has 2 N–H and O–H groups in total. The van der Waals surface area contributed by atoms with Crippen molar-refractivity contribution in [2.45, 2.75) is 51.7 Å². The predicted molar refractivity (Wildman–Crippen MR) is 109 cm³/mol. The van der Waals surface area contributed by atoms with Crippen molar-refractivity contribution in [3.05, 3.63) is 39.8 Å². The number of fused-ring (bicyclic) bond motifs is 3. The summed E-state index contributed by atoms with van der Waals surface area (Å²) in [6.45, 7) is 4.40. The van der Waals surface area contributed by atoms with Crippen molar-refractivity contribution < 1.29 is 14.7 Å². The first-order valence-electron chi connectivity index (χ1n) is 10.6. The number of aromatic nitrogens is 1. The van der Waals surface area contributed by atoms with Crippen LogP contribution < -0.4 is 10.9 Å². The number of hydrogen-bond donors (Lipinski definition) is 2. The lowest BCUT2D eigenvalue weighted by Gasteiger charge is -2.31. The van der Waals surface area contributed by atoms with E-state index in [2.05, 4.69) is 5.32 Å². The van der Waals surface area contributed by atoms with E-state index in [0.717, 1.165) is 18.5 Å². The molecule has 3 heterocycles. The van der Waals surface area contributed by atoms with Gasteiger partial charge in [0.25, 0.3) is 5.56 Å². The van der Waals surface area contributed by atoms with Crippen LogP contribution in [0.4, 0.5) is 0 Å². The van der Waals surface area contributed by atoms with Gasteiger partial charge in [-0.2, -0.15) is 0 Å². The number of carbonyl (C=O) groups excluding carboxylic acids is 2. The van der Waals surface area contributed by atoms with E-state index >= 15 is 0 Å². The van der Waals surface area contributed by atoms with Gasteiger partial charge in [-0.3, -0.25) is 14.4 Å². The zero-order valence-corrected chi connectivity index (χ0v) is 17.0. The highest BCUT2D eigenvalue weighted by atomic mass is 16.3. The smallest absolute Gasteiger partial charge is 0.258 e. The van der Waals surface area contributed by atoms with Gasteiger partial charge in [-0.15, -0.1) is 0 Å². The summed E-state index contributed by atoms with van der Waals surface area (Å²) in [5.74, 6) is -0.411. The Morgan fingerprint density at radius 1 is 1.31 bits per heavy atom. The molecule has 4 atom stereocenters. The Labute approximate surface area is 170 Å². The topological polar surface area (TPSA) is 91.6 Å². The number of carbonyl (C=O) groups is 2. The summed E-state index contributed by atoms with van der Waals surface area (Å²) >= 11 is 0. The lowest BCUT2D eigenvalue weighted by atomic mass is 9.88. The SMILES string of the molecule is C/C=C/c1ccc2n(c1=O)C[C@@H]1[C@@H](CO)[C@H](C(=O)NCC)N(C(=O)CC3CC3)[C@H]21. The Kier molecular flexibility index (Phi) is 5.34. The average Bonchev–Trinajstić information content (AvgIpc) is 3.33. The number of allylic oxidation sites excluding steroid dienone is 1. The van der Waals surface area contributed by atoms with Gasteiger partial charge < -0.3 is 19.9 Å². The molecule has 2 aliphatic heterocycles. The number of aliphatic hydroxyl groups excluding tert-OH is 1. The highest BCUT2D eigenvalue weighted by Gasteiger charge is 2.57. The Morgan fingerprint density at radius 3 is 2.69 bits per heavy atom. The second-order valence-corrected chi connectivity index (χ2v) is 8.37. The van der Waals surface area contributed by atoms with Crippen LogP contribution in [0.2, 0.25) is 0 Å². The zero-order chi connectivity index (χ0) is 20.7. The molecule has 1 aromatic heterocycles. The quantitative estimate of drug-likeness (QED) is 0.755. The maximum absolute atomic E-state index is 13.2. The fourth-order valence-electron chi connectivity index (χ4n) is 5.04. The molecule has 1 saturated carbocycles. The summed E-state index contributed by atoms with van der Waals surface area (Å²) < 4.78 is 1.72. The number of hydrogen-bond acceptors (Lipinski definition) is 4. The van der Waals surface area contributed by atoms with Gasteiger partial charge in [0.2, 0.25) is 11.8 Å². The Hall–Kier alpha value is -2.41. The number of aliphatic hydroxyl groups is 1. The Morgan fingerprint density at radius 2 is 2.07 bits per heavy atom. The maximum atomic E-state index is 13.2. The van der Waals surface area contributed by atoms with Gasteiger partial charge in [0, 0.05) is 49.2 Å². The summed E-state index contributed by atoms with van der Waals surface area (Å²) in [5, 5.41) is 13.0. The highest BCUT2D eigenvalue weighted by molar-refractivity contribution is 5.89. The van der Waals surface area contributed by atoms with Crippen molar-refractivity contribution in [3.63, 3.8) is 0 Å². The molecule has 0 bridgehead atoms. The molecule has 0 aromatic carbocycles. The van der Waals surface area contributed by atoms with Crippen LogP contribution in [0.5, 0.6) is 0 Å². The van der Waals surface area contributed by atoms with Gasteiger partial charge in [-0.05, 0) is 44.7 Å². The molecule has 0 unspecified atom stereocenters. The average molecular weight is 399 g/mol. The van der Waals surface area contributed by atoms with Crippen LogP contribution in [0.15, 0.2) is 23.0 Å². The number of nitrogens with zero attached hydrogens (tertiary/aromatic N) is 2. The van der Waals surface area contributed by atoms with Crippen molar-refractivity contribution in [1.29, 1.82) is 0 Å². The molecule has 0 radical (unpaired) electrons. The second kappa shape index (κ2) is 7.78. The molecule has 7 nitrogen and oxygen atoms in total. The molecule has 7 heteroatoms. The molecule has 156 valence electrons. The summed E-state index contributed by atoms with van der Waals surface area (Å²) in [6, 6.07) is 2.64. The van der Waals surface area contributed by atoms with Gasteiger partial charge in [0.15, 0.2) is 0 Å². The van der Waals surface area contributed by atoms with Gasteiger partial charge in [-0.1, -0.05) is 12.2 Å². The number of rotatable bonds is 6. The van der Waals surface area contributed by atoms with E-state index in [9.17, 15) is 19.5 Å². The van der Waals surface area contributed by atoms with Crippen LogP contribution >= 0.6 is 0 Å². The van der Waals surface area contributed by atoms with Crippen molar-refractivity contribution in [2.24, 2.45) is 17.8 Å². The van der Waals surface area contributed by atoms with E-state index in [-0.39, 0.29) is 41.9 Å². The summed E-state index contributed by atoms with van der Waals surface area (Å²) in [7, 11) is 0. The molecule has 1 aromatic rings. The molecule has 1 saturated heterocycles. The molecule has 29 heavy (non-hydrogen) atoms. The first kappa shape index (κ1) is 19.9. The fraction of sp³-hybridized carbons (Fsp3) is 0.591. The van der Waals surface area contributed by atoms with E-state index in [1.807, 2.05) is 26.0 Å². The van der Waals surface area contributed by atoms with Crippen LogP contribution in [0.1, 0.15) is 50.4 Å². The van der Waals surface area contributed by atoms with E-state index < -0.39 is 6.04 Å². The molecular formula is C22H29N3O4. The second-order valence-electron chi connectivity index (χ2n) is 8.37. The molecular weight excluding hydrogens is 370 g/mol. The monoisotopic (exact) mass is 399 g/mol. The molecule has 2 fully saturated rings. The van der Waals surface area contributed by atoms with Crippen LogP contribution in [0.3, 0.4) is 0 Å². The summed E-state index contributed by atoms with van der Waals surface area (Å²) in [5.41, 5.74) is 1.28. The van der Waals surface area contributed by atoms with Gasteiger partial charge in [0.05, 0.1) is 6.04 Å². The normalized spacial score (nSPS) is 27.9. The van der Waals surface area contributed by atoms with Gasteiger partial charge >= 0.3 is 0 Å². The predicted octanol–water partition coefficient (Wildman–Crippen LogP) is 1.31. The summed E-state index contributed by atoms with van der Waals surface area (Å²) in [4.78, 5) is 40.7. The standard InChI is InChI=1S/C22H29N3O4/c1-3-5-14-8-9-17-19-15(11-24(17)22(14)29)16(12-26)20(21(28)23-4-2)25(19)18(27)10-13-6-7-13/h3,5,8-9,13,15-16,19-20,26H,4,6-7,10-12H2,1-2H3,(H,23,28)/b5-3+/t15-,16-,19+,20-/m1/s1. The number of nitrogens with one attached hydrogen (secondary N) is 1. The van der Waals surface area contributed by atoms with Crippen molar-refractivity contribution in [2.75, 3.05) is 13.2 Å². The van der Waals surface area contributed by atoms with Crippen LogP contribution in [-0.4, -0.2) is 45.6 Å². The number of likely N-dealkylation sites (N-methyl/N-ethyl adjacent to an activating group) is 1. The van der Waals surface area contributed by atoms with E-state index in [0.29, 0.717) is 31.0 Å². The first-order valence-corrected chi connectivity index (χ1v) is 10.6. The third-order valence-corrected chi connectivity index (χ3v) is 6.52. The molecule has 1 aliphatic carbocycles. The van der Waals surface area contributed by atoms with Crippen molar-refractivity contribution >= 4 is 17.9 Å². The van der Waals surface area contributed by atoms with E-state index in [4.69, 9.17) is 0 Å². The third-order valence-electron chi connectivity index (χ3n) is 6.52. The van der Waals surface area contributed by atoms with Crippen molar-refractivity contribution in [3.8, 4) is 0 Å². The van der Waals surface area contributed by atoms with Gasteiger partial charge in [0.1, 0.15) is 6.04 Å². The van der Waals surface area contributed by atoms with Gasteiger partial charge in [-0.25, -0.2) is 0 Å². The molecule has 0 spiro atoms. The number of pyridine rings is 1. The lowest BCUT2D eigenvalue weighted by molar-refractivity contribution is -0.142. The highest BCUT2D eigenvalue weighted by Crippen LogP contribution is 2.50. The van der Waals surface area contributed by atoms with Crippen LogP contribution in [0, 0.1) is 17.8 Å². The van der Waals surface area contributed by atoms with E-state index in [1.165, 1.54) is 0 Å². The van der Waals surface area contributed by atoms with E-state index in [1.54, 1.807) is 21.6 Å². The molecule has 4 rings (SSSR count). The third kappa shape index (κ3) is 3.31. The molecule has 3 aliphatic rings. The largest absolute Gasteiger partial charge is 0.396 e. The zero-order valence-electron chi connectivity index (χ0n) is 17.0. The lowest BCUT2D eigenvalue weighted by Crippen LogP contribution is -2.50. The summed E-state index contributed by atoms with van der Waals surface area (Å²) in [6.07, 6.45) is 6.13. The maximum Gasteiger partial charge on any atom is 0.258 e. The minimum absolute atomic E-state index is 0.0480. The Balaban J connectivity index is 1.78. The Bertz CT molecular complexity index is 902. The van der Waals surface area contributed by atoms with Crippen molar-refractivity contribution in [1.82, 2.24) is 14.8 Å². The fourth-order valence-corrected chi connectivity index (χ4v) is 5.04. The first-order chi connectivity index (χ1) is 14.0. The van der Waals surface area contributed by atoms with Crippen LogP contribution in [-0.2, 0) is 16.1 Å². The number of amides is 2. The number of likely N-dealkylation sites (tertiary alicyclic amines) is 1. The van der Waals surface area contributed by atoms with Crippen LogP contribution in [0.25, 0.3) is 6.08 Å². The minimum Gasteiger partial charge on any atom is -0.396 e.